The Labute approximate surface area is 137 Å². The van der Waals surface area contributed by atoms with Crippen molar-refractivity contribution in [1.29, 1.82) is 0 Å². The van der Waals surface area contributed by atoms with Crippen molar-refractivity contribution in [2.24, 2.45) is 0 Å². The van der Waals surface area contributed by atoms with Crippen molar-refractivity contribution in [3.05, 3.63) is 83.3 Å². The standard InChI is InChI=1S/C22H20O/c1-15(2)16-6-8-17(9-7-16)21-5-3-4-18-12-20(13-22(18)21)19-10-11-23-14-19/h3-11,13-15H,12H2,1-2H3. The minimum atomic E-state index is 0.568. The first-order valence-corrected chi connectivity index (χ1v) is 8.18. The summed E-state index contributed by atoms with van der Waals surface area (Å²) in [6.45, 7) is 4.46. The summed E-state index contributed by atoms with van der Waals surface area (Å²) < 4.78 is 5.24. The van der Waals surface area contributed by atoms with Gasteiger partial charge in [0.15, 0.2) is 0 Å². The topological polar surface area (TPSA) is 13.1 Å². The van der Waals surface area contributed by atoms with Gasteiger partial charge < -0.3 is 4.42 Å². The van der Waals surface area contributed by atoms with Crippen LogP contribution in [0.3, 0.4) is 0 Å². The lowest BCUT2D eigenvalue weighted by Crippen LogP contribution is -1.89. The molecule has 1 aliphatic rings. The number of furan rings is 1. The molecule has 0 fully saturated rings. The van der Waals surface area contributed by atoms with Crippen LogP contribution in [0.15, 0.2) is 65.5 Å². The van der Waals surface area contributed by atoms with Crippen molar-refractivity contribution in [3.8, 4) is 11.1 Å². The Morgan fingerprint density at radius 3 is 2.43 bits per heavy atom. The van der Waals surface area contributed by atoms with Crippen molar-refractivity contribution in [2.45, 2.75) is 26.2 Å². The van der Waals surface area contributed by atoms with Gasteiger partial charge in [0.25, 0.3) is 0 Å². The third-order valence-corrected chi connectivity index (χ3v) is 4.68. The van der Waals surface area contributed by atoms with E-state index in [1.54, 1.807) is 6.26 Å². The summed E-state index contributed by atoms with van der Waals surface area (Å²) in [5.41, 5.74) is 9.25. The Hall–Kier alpha value is -2.54. The maximum Gasteiger partial charge on any atom is 0.0977 e. The highest BCUT2D eigenvalue weighted by Crippen LogP contribution is 2.37. The van der Waals surface area contributed by atoms with Crippen LogP contribution in [0.5, 0.6) is 0 Å². The zero-order chi connectivity index (χ0) is 15.8. The summed E-state index contributed by atoms with van der Waals surface area (Å²) in [5.74, 6) is 0.568. The molecular formula is C22H20O. The van der Waals surface area contributed by atoms with Crippen LogP contribution in [-0.2, 0) is 6.42 Å². The number of rotatable bonds is 3. The maximum absolute atomic E-state index is 5.24. The predicted octanol–water partition coefficient (Wildman–Crippen LogP) is 6.17. The van der Waals surface area contributed by atoms with E-state index < -0.39 is 0 Å². The molecule has 1 heterocycles. The number of allylic oxidation sites excluding steroid dienone is 1. The van der Waals surface area contributed by atoms with Crippen LogP contribution in [0.4, 0.5) is 0 Å². The monoisotopic (exact) mass is 300 g/mol. The molecule has 0 saturated carbocycles. The lowest BCUT2D eigenvalue weighted by molar-refractivity contribution is 0.566. The maximum atomic E-state index is 5.24. The molecule has 3 aromatic rings. The average Bonchev–Trinajstić information content (AvgIpc) is 3.23. The third kappa shape index (κ3) is 2.53. The fourth-order valence-electron chi connectivity index (χ4n) is 3.30. The molecule has 1 aromatic heterocycles. The van der Waals surface area contributed by atoms with Gasteiger partial charge in [-0.1, -0.05) is 56.3 Å². The zero-order valence-corrected chi connectivity index (χ0v) is 13.5. The van der Waals surface area contributed by atoms with Gasteiger partial charge in [-0.3, -0.25) is 0 Å². The van der Waals surface area contributed by atoms with Crippen LogP contribution >= 0.6 is 0 Å². The number of fused-ring (bicyclic) bond motifs is 1. The second kappa shape index (κ2) is 5.58. The Morgan fingerprint density at radius 1 is 0.913 bits per heavy atom. The number of hydrogen-bond donors (Lipinski definition) is 0. The summed E-state index contributed by atoms with van der Waals surface area (Å²) in [6.07, 6.45) is 6.86. The molecule has 0 amide bonds. The van der Waals surface area contributed by atoms with Gasteiger partial charge in [0, 0.05) is 5.56 Å². The Balaban J connectivity index is 1.76. The Morgan fingerprint density at radius 2 is 1.74 bits per heavy atom. The highest BCUT2D eigenvalue weighted by molar-refractivity contribution is 5.93. The van der Waals surface area contributed by atoms with Crippen molar-refractivity contribution in [3.63, 3.8) is 0 Å². The van der Waals surface area contributed by atoms with Crippen LogP contribution in [0.2, 0.25) is 0 Å². The van der Waals surface area contributed by atoms with Crippen LogP contribution in [0.1, 0.15) is 42.0 Å². The zero-order valence-electron chi connectivity index (χ0n) is 13.5. The lowest BCUT2D eigenvalue weighted by Gasteiger charge is -2.10. The van der Waals surface area contributed by atoms with E-state index in [0.717, 1.165) is 6.42 Å². The van der Waals surface area contributed by atoms with Gasteiger partial charge in [0.1, 0.15) is 0 Å². The van der Waals surface area contributed by atoms with Gasteiger partial charge in [-0.2, -0.15) is 0 Å². The Kier molecular flexibility index (Phi) is 3.42. The molecule has 0 radical (unpaired) electrons. The lowest BCUT2D eigenvalue weighted by atomic mass is 9.94. The minimum absolute atomic E-state index is 0.568. The smallest absolute Gasteiger partial charge is 0.0977 e. The van der Waals surface area contributed by atoms with E-state index >= 15 is 0 Å². The first-order valence-electron chi connectivity index (χ1n) is 8.18. The molecule has 0 bridgehead atoms. The Bertz CT molecular complexity index is 849. The highest BCUT2D eigenvalue weighted by Gasteiger charge is 2.18. The van der Waals surface area contributed by atoms with Crippen LogP contribution in [-0.4, -0.2) is 0 Å². The normalized spacial score (nSPS) is 13.3. The number of hydrogen-bond acceptors (Lipinski definition) is 1. The molecule has 1 heteroatoms. The van der Waals surface area contributed by atoms with Gasteiger partial charge in [-0.15, -0.1) is 0 Å². The van der Waals surface area contributed by atoms with Crippen LogP contribution < -0.4 is 0 Å². The molecule has 0 atom stereocenters. The summed E-state index contributed by atoms with van der Waals surface area (Å²) in [7, 11) is 0. The van der Waals surface area contributed by atoms with E-state index in [2.05, 4.69) is 62.4 Å². The van der Waals surface area contributed by atoms with E-state index in [9.17, 15) is 0 Å². The van der Waals surface area contributed by atoms with Crippen molar-refractivity contribution in [2.75, 3.05) is 0 Å². The number of benzene rings is 2. The fraction of sp³-hybridized carbons (Fsp3) is 0.182. The second-order valence-corrected chi connectivity index (χ2v) is 6.51. The second-order valence-electron chi connectivity index (χ2n) is 6.51. The highest BCUT2D eigenvalue weighted by atomic mass is 16.3. The van der Waals surface area contributed by atoms with E-state index in [4.69, 9.17) is 4.42 Å². The van der Waals surface area contributed by atoms with Crippen molar-refractivity contribution >= 4 is 11.6 Å². The molecular weight excluding hydrogens is 280 g/mol. The summed E-state index contributed by atoms with van der Waals surface area (Å²) in [4.78, 5) is 0. The first kappa shape index (κ1) is 14.1. The van der Waals surface area contributed by atoms with Crippen LogP contribution in [0, 0.1) is 0 Å². The molecule has 1 nitrogen and oxygen atoms in total. The molecule has 0 unspecified atom stereocenters. The van der Waals surface area contributed by atoms with E-state index in [0.29, 0.717) is 5.92 Å². The quantitative estimate of drug-likeness (QED) is 0.564. The molecule has 23 heavy (non-hydrogen) atoms. The van der Waals surface area contributed by atoms with Gasteiger partial charge in [0.2, 0.25) is 0 Å². The molecule has 4 rings (SSSR count). The van der Waals surface area contributed by atoms with Gasteiger partial charge in [-0.05, 0) is 57.9 Å². The van der Waals surface area contributed by atoms with E-state index in [1.165, 1.54) is 39.0 Å². The predicted molar refractivity (Wildman–Crippen MR) is 96.3 cm³/mol. The molecule has 2 aromatic carbocycles. The fourth-order valence-corrected chi connectivity index (χ4v) is 3.30. The van der Waals surface area contributed by atoms with Crippen LogP contribution in [0.25, 0.3) is 22.8 Å². The molecule has 114 valence electrons. The minimum Gasteiger partial charge on any atom is -0.472 e. The molecule has 0 aliphatic heterocycles. The van der Waals surface area contributed by atoms with E-state index in [-0.39, 0.29) is 0 Å². The summed E-state index contributed by atoms with van der Waals surface area (Å²) in [5, 5.41) is 0. The molecule has 1 aliphatic carbocycles. The molecule has 0 N–H and O–H groups in total. The summed E-state index contributed by atoms with van der Waals surface area (Å²) in [6, 6.07) is 17.6. The average molecular weight is 300 g/mol. The van der Waals surface area contributed by atoms with Gasteiger partial charge in [-0.25, -0.2) is 0 Å². The molecule has 0 spiro atoms. The van der Waals surface area contributed by atoms with Crippen molar-refractivity contribution < 1.29 is 4.42 Å². The van der Waals surface area contributed by atoms with Gasteiger partial charge in [0.05, 0.1) is 12.5 Å². The van der Waals surface area contributed by atoms with Crippen molar-refractivity contribution in [1.82, 2.24) is 0 Å². The van der Waals surface area contributed by atoms with E-state index in [1.807, 2.05) is 12.3 Å². The third-order valence-electron chi connectivity index (χ3n) is 4.68. The van der Waals surface area contributed by atoms with Gasteiger partial charge >= 0.3 is 0 Å². The molecule has 0 saturated heterocycles. The summed E-state index contributed by atoms with van der Waals surface area (Å²) >= 11 is 0. The SMILES string of the molecule is CC(C)c1ccc(-c2cccc3c2C=C(c2ccoc2)C3)cc1. The largest absolute Gasteiger partial charge is 0.472 e. The first-order chi connectivity index (χ1) is 11.2.